The summed E-state index contributed by atoms with van der Waals surface area (Å²) in [7, 11) is 0. The number of anilines is 1. The molecule has 0 spiro atoms. The molecule has 0 radical (unpaired) electrons. The number of hydroxylamine groups is 1. The highest BCUT2D eigenvalue weighted by molar-refractivity contribution is 7.98. The van der Waals surface area contributed by atoms with Crippen LogP contribution >= 0.6 is 11.8 Å². The van der Waals surface area contributed by atoms with Crippen molar-refractivity contribution in [3.8, 4) is 0 Å². The quantitative estimate of drug-likeness (QED) is 0.579. The average Bonchev–Trinajstić information content (AvgIpc) is 2.71. The standard InChI is InChI=1S/C23H30N2O4S/c1-23(2,3)29-22(27)24-20(15-16-30-4)21(26)25(19-13-9-6-10-14-19)28-17-18-11-7-5-8-12-18/h5-14,20H,15-17H2,1-4H3,(H,24,27). The summed E-state index contributed by atoms with van der Waals surface area (Å²) in [6.45, 7) is 5.57. The zero-order valence-corrected chi connectivity index (χ0v) is 18.8. The molecule has 162 valence electrons. The van der Waals surface area contributed by atoms with E-state index in [4.69, 9.17) is 9.57 Å². The number of ether oxygens (including phenoxy) is 1. The van der Waals surface area contributed by atoms with Gasteiger partial charge in [0.05, 0.1) is 5.69 Å². The molecule has 1 atom stereocenters. The molecule has 0 aromatic heterocycles. The molecule has 0 aliphatic heterocycles. The third kappa shape index (κ3) is 8.08. The van der Waals surface area contributed by atoms with Gasteiger partial charge in [-0.05, 0) is 56.9 Å². The minimum Gasteiger partial charge on any atom is -0.444 e. The van der Waals surface area contributed by atoms with Crippen molar-refractivity contribution in [3.05, 3.63) is 66.2 Å². The molecular formula is C23H30N2O4S. The number of alkyl carbamates (subject to hydrolysis) is 1. The summed E-state index contributed by atoms with van der Waals surface area (Å²) in [6, 6.07) is 18.0. The number of rotatable bonds is 9. The summed E-state index contributed by atoms with van der Waals surface area (Å²) < 4.78 is 5.34. The second-order valence-corrected chi connectivity index (χ2v) is 8.69. The van der Waals surface area contributed by atoms with Crippen LogP contribution in [-0.4, -0.2) is 35.7 Å². The minimum atomic E-state index is -0.775. The first-order valence-corrected chi connectivity index (χ1v) is 11.2. The lowest BCUT2D eigenvalue weighted by Gasteiger charge is -2.28. The van der Waals surface area contributed by atoms with Crippen molar-refractivity contribution >= 4 is 29.4 Å². The van der Waals surface area contributed by atoms with Crippen LogP contribution in [0.4, 0.5) is 10.5 Å². The lowest BCUT2D eigenvalue weighted by molar-refractivity contribution is -0.128. The summed E-state index contributed by atoms with van der Waals surface area (Å²) >= 11 is 1.60. The Labute approximate surface area is 182 Å². The van der Waals surface area contributed by atoms with Gasteiger partial charge in [-0.15, -0.1) is 0 Å². The third-order valence-corrected chi connectivity index (χ3v) is 4.64. The summed E-state index contributed by atoms with van der Waals surface area (Å²) in [6.07, 6.45) is 1.78. The fraction of sp³-hybridized carbons (Fsp3) is 0.391. The van der Waals surface area contributed by atoms with E-state index < -0.39 is 17.7 Å². The SMILES string of the molecule is CSCCC(NC(=O)OC(C)(C)C)C(=O)N(OCc1ccccc1)c1ccccc1. The van der Waals surface area contributed by atoms with Crippen molar-refractivity contribution < 1.29 is 19.2 Å². The number of nitrogens with one attached hydrogen (secondary N) is 1. The first-order chi connectivity index (χ1) is 14.3. The van der Waals surface area contributed by atoms with Crippen molar-refractivity contribution in [2.45, 2.75) is 45.4 Å². The van der Waals surface area contributed by atoms with Crippen LogP contribution in [0.1, 0.15) is 32.8 Å². The highest BCUT2D eigenvalue weighted by Gasteiger charge is 2.29. The maximum atomic E-state index is 13.4. The lowest BCUT2D eigenvalue weighted by Crippen LogP contribution is -2.50. The average molecular weight is 431 g/mol. The predicted molar refractivity (Wildman–Crippen MR) is 121 cm³/mol. The third-order valence-electron chi connectivity index (χ3n) is 3.99. The molecule has 2 aromatic carbocycles. The summed E-state index contributed by atoms with van der Waals surface area (Å²) in [5, 5.41) is 3.97. The molecule has 0 fully saturated rings. The Morgan fingerprint density at radius 2 is 1.63 bits per heavy atom. The van der Waals surface area contributed by atoms with Crippen molar-refractivity contribution in [1.29, 1.82) is 0 Å². The lowest BCUT2D eigenvalue weighted by atomic mass is 10.2. The number of hydrogen-bond donors (Lipinski definition) is 1. The zero-order valence-electron chi connectivity index (χ0n) is 18.0. The largest absolute Gasteiger partial charge is 0.444 e. The Balaban J connectivity index is 2.21. The van der Waals surface area contributed by atoms with E-state index in [0.29, 0.717) is 17.9 Å². The van der Waals surface area contributed by atoms with E-state index in [-0.39, 0.29) is 12.5 Å². The van der Waals surface area contributed by atoms with Crippen molar-refractivity contribution in [2.75, 3.05) is 17.1 Å². The Morgan fingerprint density at radius 1 is 1.03 bits per heavy atom. The Morgan fingerprint density at radius 3 is 2.20 bits per heavy atom. The predicted octanol–water partition coefficient (Wildman–Crippen LogP) is 4.80. The first kappa shape index (κ1) is 23.8. The van der Waals surface area contributed by atoms with Gasteiger partial charge in [-0.3, -0.25) is 9.63 Å². The Kier molecular flexibility index (Phi) is 9.20. The molecular weight excluding hydrogens is 400 g/mol. The van der Waals surface area contributed by atoms with Crippen LogP contribution in [0.3, 0.4) is 0 Å². The molecule has 0 aliphatic carbocycles. The smallest absolute Gasteiger partial charge is 0.408 e. The van der Waals surface area contributed by atoms with Crippen molar-refractivity contribution in [3.63, 3.8) is 0 Å². The monoisotopic (exact) mass is 430 g/mol. The second-order valence-electron chi connectivity index (χ2n) is 7.71. The molecule has 0 saturated heterocycles. The number of hydrogen-bond acceptors (Lipinski definition) is 5. The van der Waals surface area contributed by atoms with E-state index in [2.05, 4.69) is 5.32 Å². The van der Waals surface area contributed by atoms with E-state index in [1.807, 2.05) is 54.8 Å². The summed E-state index contributed by atoms with van der Waals surface area (Å²) in [4.78, 5) is 31.6. The van der Waals surface area contributed by atoms with E-state index in [9.17, 15) is 9.59 Å². The molecule has 1 unspecified atom stereocenters. The molecule has 0 heterocycles. The van der Waals surface area contributed by atoms with Gasteiger partial charge in [0.15, 0.2) is 0 Å². The molecule has 0 saturated carbocycles. The number of nitrogens with zero attached hydrogens (tertiary/aromatic N) is 1. The van der Waals surface area contributed by atoms with Gasteiger partial charge in [0.1, 0.15) is 18.2 Å². The second kappa shape index (κ2) is 11.6. The van der Waals surface area contributed by atoms with Gasteiger partial charge in [0.2, 0.25) is 0 Å². The van der Waals surface area contributed by atoms with Gasteiger partial charge in [0.25, 0.3) is 5.91 Å². The van der Waals surface area contributed by atoms with Gasteiger partial charge in [-0.25, -0.2) is 4.79 Å². The van der Waals surface area contributed by atoms with E-state index in [1.165, 1.54) is 5.06 Å². The number of para-hydroxylation sites is 1. The number of amides is 2. The molecule has 2 aromatic rings. The van der Waals surface area contributed by atoms with Gasteiger partial charge >= 0.3 is 6.09 Å². The molecule has 7 heteroatoms. The van der Waals surface area contributed by atoms with Crippen LogP contribution in [0.2, 0.25) is 0 Å². The number of thioether (sulfide) groups is 1. The maximum absolute atomic E-state index is 13.4. The molecule has 2 rings (SSSR count). The highest BCUT2D eigenvalue weighted by Crippen LogP contribution is 2.19. The van der Waals surface area contributed by atoms with Crippen LogP contribution in [-0.2, 0) is 21.0 Å². The fourth-order valence-corrected chi connectivity index (χ4v) is 3.10. The topological polar surface area (TPSA) is 67.9 Å². The van der Waals surface area contributed by atoms with Crippen LogP contribution in [0.25, 0.3) is 0 Å². The Bertz CT molecular complexity index is 794. The molecule has 0 bridgehead atoms. The van der Waals surface area contributed by atoms with E-state index >= 15 is 0 Å². The van der Waals surface area contributed by atoms with E-state index in [0.717, 1.165) is 5.56 Å². The summed E-state index contributed by atoms with van der Waals surface area (Å²) in [5.74, 6) is 0.352. The number of benzene rings is 2. The van der Waals surface area contributed by atoms with Gasteiger partial charge in [-0.1, -0.05) is 48.5 Å². The Hall–Kier alpha value is -2.51. The first-order valence-electron chi connectivity index (χ1n) is 9.84. The van der Waals surface area contributed by atoms with Crippen molar-refractivity contribution in [2.24, 2.45) is 0 Å². The zero-order chi connectivity index (χ0) is 22.0. The number of carbonyl (C=O) groups is 2. The maximum Gasteiger partial charge on any atom is 0.408 e. The van der Waals surface area contributed by atoms with Gasteiger partial charge < -0.3 is 10.1 Å². The van der Waals surface area contributed by atoms with Gasteiger partial charge in [-0.2, -0.15) is 16.8 Å². The van der Waals surface area contributed by atoms with Crippen LogP contribution in [0, 0.1) is 0 Å². The van der Waals surface area contributed by atoms with Crippen LogP contribution in [0.15, 0.2) is 60.7 Å². The van der Waals surface area contributed by atoms with Crippen LogP contribution in [0.5, 0.6) is 0 Å². The fourth-order valence-electron chi connectivity index (χ4n) is 2.63. The number of carbonyl (C=O) groups excluding carboxylic acids is 2. The molecule has 1 N–H and O–H groups in total. The van der Waals surface area contributed by atoms with Crippen molar-refractivity contribution in [1.82, 2.24) is 5.32 Å². The highest BCUT2D eigenvalue weighted by atomic mass is 32.2. The molecule has 30 heavy (non-hydrogen) atoms. The van der Waals surface area contributed by atoms with E-state index in [1.54, 1.807) is 44.7 Å². The van der Waals surface area contributed by atoms with Gasteiger partial charge in [0, 0.05) is 0 Å². The summed E-state index contributed by atoms with van der Waals surface area (Å²) in [5.41, 5.74) is 0.880. The molecule has 0 aliphatic rings. The molecule has 2 amide bonds. The minimum absolute atomic E-state index is 0.225. The van der Waals surface area contributed by atoms with Crippen LogP contribution < -0.4 is 10.4 Å². The molecule has 6 nitrogen and oxygen atoms in total. The normalized spacial score (nSPS) is 12.1.